The Kier molecular flexibility index (Phi) is 5.94. The number of carbonyl (C=O) groups is 2. The summed E-state index contributed by atoms with van der Waals surface area (Å²) in [7, 11) is 0. The molecule has 0 radical (unpaired) electrons. The number of aryl methyl sites for hydroxylation is 1. The van der Waals surface area contributed by atoms with E-state index in [4.69, 9.17) is 9.47 Å². The molecule has 2 aromatic carbocycles. The number of hydrogen-bond donors (Lipinski definition) is 0. The lowest BCUT2D eigenvalue weighted by molar-refractivity contribution is -0.161. The summed E-state index contributed by atoms with van der Waals surface area (Å²) in [5.74, 6) is -0.656. The molecular weight excluding hydrogens is 340 g/mol. The fourth-order valence-corrected chi connectivity index (χ4v) is 3.84. The van der Waals surface area contributed by atoms with Crippen molar-refractivity contribution in [2.45, 2.75) is 45.6 Å². The van der Waals surface area contributed by atoms with Crippen LogP contribution < -0.4 is 0 Å². The van der Waals surface area contributed by atoms with Crippen molar-refractivity contribution >= 4 is 11.9 Å². The van der Waals surface area contributed by atoms with Gasteiger partial charge in [-0.15, -0.1) is 0 Å². The van der Waals surface area contributed by atoms with Gasteiger partial charge in [-0.05, 0) is 57.2 Å². The minimum atomic E-state index is -0.822. The van der Waals surface area contributed by atoms with E-state index in [0.717, 1.165) is 17.5 Å². The van der Waals surface area contributed by atoms with Crippen molar-refractivity contribution in [1.29, 1.82) is 0 Å². The van der Waals surface area contributed by atoms with Crippen molar-refractivity contribution < 1.29 is 19.1 Å². The number of carbonyl (C=O) groups excluding carboxylic acids is 2. The third-order valence-corrected chi connectivity index (χ3v) is 5.29. The van der Waals surface area contributed by atoms with Gasteiger partial charge in [0.2, 0.25) is 0 Å². The molecule has 4 heteroatoms. The summed E-state index contributed by atoms with van der Waals surface area (Å²) in [6.07, 6.45) is 2.19. The minimum Gasteiger partial charge on any atom is -0.465 e. The van der Waals surface area contributed by atoms with E-state index in [-0.39, 0.29) is 11.9 Å². The Morgan fingerprint density at radius 1 is 1.07 bits per heavy atom. The van der Waals surface area contributed by atoms with Crippen molar-refractivity contribution in [3.8, 4) is 0 Å². The van der Waals surface area contributed by atoms with Crippen LogP contribution in [0.15, 0.2) is 54.6 Å². The number of rotatable bonds is 6. The van der Waals surface area contributed by atoms with E-state index in [1.807, 2.05) is 49.4 Å². The third-order valence-electron chi connectivity index (χ3n) is 5.29. The van der Waals surface area contributed by atoms with E-state index in [9.17, 15) is 9.59 Å². The maximum Gasteiger partial charge on any atom is 0.338 e. The van der Waals surface area contributed by atoms with Crippen LogP contribution in [0.4, 0.5) is 0 Å². The molecule has 2 unspecified atom stereocenters. The number of ether oxygens (including phenoxy) is 2. The molecule has 0 amide bonds. The second-order valence-electron chi connectivity index (χ2n) is 7.19. The summed E-state index contributed by atoms with van der Waals surface area (Å²) in [4.78, 5) is 25.6. The lowest BCUT2D eigenvalue weighted by Crippen LogP contribution is -2.44. The summed E-state index contributed by atoms with van der Waals surface area (Å²) in [6.45, 7) is 4.09. The Morgan fingerprint density at radius 3 is 2.44 bits per heavy atom. The van der Waals surface area contributed by atoms with Crippen LogP contribution in [0.3, 0.4) is 0 Å². The van der Waals surface area contributed by atoms with E-state index in [2.05, 4.69) is 0 Å². The van der Waals surface area contributed by atoms with E-state index < -0.39 is 11.5 Å². The van der Waals surface area contributed by atoms with Gasteiger partial charge in [0.1, 0.15) is 11.5 Å². The molecule has 142 valence electrons. The second-order valence-corrected chi connectivity index (χ2v) is 7.19. The molecule has 1 saturated carbocycles. The van der Waals surface area contributed by atoms with Crippen LogP contribution in [-0.2, 0) is 20.7 Å². The number of benzene rings is 2. The van der Waals surface area contributed by atoms with Crippen LogP contribution in [-0.4, -0.2) is 24.6 Å². The second kappa shape index (κ2) is 8.38. The average Bonchev–Trinajstić information content (AvgIpc) is 3.06. The lowest BCUT2D eigenvalue weighted by Gasteiger charge is -2.33. The largest absolute Gasteiger partial charge is 0.465 e. The highest BCUT2D eigenvalue weighted by molar-refractivity contribution is 5.90. The SMILES string of the molecule is CCOC(=O)C1(Cc2ccccc2)CCCC1OC(=O)c1ccc(C)cc1. The van der Waals surface area contributed by atoms with Gasteiger partial charge in [0.15, 0.2) is 0 Å². The Balaban J connectivity index is 1.85. The van der Waals surface area contributed by atoms with Crippen molar-refractivity contribution in [3.63, 3.8) is 0 Å². The maximum atomic E-state index is 12.9. The van der Waals surface area contributed by atoms with Crippen molar-refractivity contribution in [2.75, 3.05) is 6.61 Å². The van der Waals surface area contributed by atoms with Crippen LogP contribution in [0, 0.1) is 12.3 Å². The highest BCUT2D eigenvalue weighted by Gasteiger charge is 2.52. The molecule has 0 saturated heterocycles. The topological polar surface area (TPSA) is 52.6 Å². The van der Waals surface area contributed by atoms with Gasteiger partial charge in [-0.1, -0.05) is 48.0 Å². The zero-order chi connectivity index (χ0) is 19.3. The van der Waals surface area contributed by atoms with Gasteiger partial charge < -0.3 is 9.47 Å². The smallest absolute Gasteiger partial charge is 0.338 e. The first-order chi connectivity index (χ1) is 13.0. The Bertz CT molecular complexity index is 782. The van der Waals surface area contributed by atoms with Crippen LogP contribution in [0.1, 0.15) is 47.7 Å². The quantitative estimate of drug-likeness (QED) is 0.707. The first-order valence-electron chi connectivity index (χ1n) is 9.54. The Morgan fingerprint density at radius 2 is 1.78 bits per heavy atom. The fraction of sp³-hybridized carbons (Fsp3) is 0.391. The molecule has 0 aliphatic heterocycles. The molecule has 1 fully saturated rings. The first-order valence-corrected chi connectivity index (χ1v) is 9.54. The van der Waals surface area contributed by atoms with Crippen LogP contribution in [0.2, 0.25) is 0 Å². The van der Waals surface area contributed by atoms with Crippen molar-refractivity contribution in [3.05, 3.63) is 71.3 Å². The molecule has 2 atom stereocenters. The van der Waals surface area contributed by atoms with Gasteiger partial charge in [-0.25, -0.2) is 4.79 Å². The van der Waals surface area contributed by atoms with E-state index in [1.54, 1.807) is 19.1 Å². The van der Waals surface area contributed by atoms with Gasteiger partial charge in [0.25, 0.3) is 0 Å². The monoisotopic (exact) mass is 366 g/mol. The normalized spacial score (nSPS) is 21.6. The van der Waals surface area contributed by atoms with Crippen LogP contribution in [0.25, 0.3) is 0 Å². The molecule has 2 aromatic rings. The van der Waals surface area contributed by atoms with Gasteiger partial charge in [0.05, 0.1) is 12.2 Å². The van der Waals surface area contributed by atoms with Gasteiger partial charge in [0, 0.05) is 0 Å². The van der Waals surface area contributed by atoms with Crippen LogP contribution >= 0.6 is 0 Å². The van der Waals surface area contributed by atoms with Gasteiger partial charge in [-0.2, -0.15) is 0 Å². The van der Waals surface area contributed by atoms with E-state index in [1.165, 1.54) is 0 Å². The lowest BCUT2D eigenvalue weighted by atomic mass is 9.78. The summed E-state index contributed by atoms with van der Waals surface area (Å²) in [5, 5.41) is 0. The Labute approximate surface area is 160 Å². The predicted octanol–water partition coefficient (Wildman–Crippen LogP) is 4.50. The zero-order valence-electron chi connectivity index (χ0n) is 15.9. The molecule has 0 N–H and O–H groups in total. The van der Waals surface area contributed by atoms with E-state index in [0.29, 0.717) is 31.4 Å². The molecule has 0 heterocycles. The standard InChI is InChI=1S/C23H26O4/c1-3-26-22(25)23(16-18-8-5-4-6-9-18)15-7-10-20(23)27-21(24)19-13-11-17(2)12-14-19/h4-6,8-9,11-14,20H,3,7,10,15-16H2,1-2H3. The number of esters is 2. The zero-order valence-corrected chi connectivity index (χ0v) is 15.9. The number of hydrogen-bond acceptors (Lipinski definition) is 4. The van der Waals surface area contributed by atoms with E-state index >= 15 is 0 Å². The summed E-state index contributed by atoms with van der Waals surface area (Å²) < 4.78 is 11.3. The molecule has 0 spiro atoms. The maximum absolute atomic E-state index is 12.9. The van der Waals surface area contributed by atoms with Gasteiger partial charge >= 0.3 is 11.9 Å². The molecule has 27 heavy (non-hydrogen) atoms. The molecule has 4 nitrogen and oxygen atoms in total. The summed E-state index contributed by atoms with van der Waals surface area (Å²) in [5.41, 5.74) is 1.81. The van der Waals surface area contributed by atoms with Crippen LogP contribution in [0.5, 0.6) is 0 Å². The Hall–Kier alpha value is -2.62. The molecule has 1 aliphatic carbocycles. The molecule has 3 rings (SSSR count). The minimum absolute atomic E-state index is 0.270. The summed E-state index contributed by atoms with van der Waals surface area (Å²) >= 11 is 0. The first kappa shape index (κ1) is 19.2. The molecule has 1 aliphatic rings. The highest BCUT2D eigenvalue weighted by Crippen LogP contribution is 2.44. The highest BCUT2D eigenvalue weighted by atomic mass is 16.6. The predicted molar refractivity (Wildman–Crippen MR) is 103 cm³/mol. The average molecular weight is 366 g/mol. The summed E-state index contributed by atoms with van der Waals surface area (Å²) in [6, 6.07) is 17.1. The van der Waals surface area contributed by atoms with Gasteiger partial charge in [-0.3, -0.25) is 4.79 Å². The van der Waals surface area contributed by atoms with Crippen molar-refractivity contribution in [1.82, 2.24) is 0 Å². The third kappa shape index (κ3) is 4.21. The molecular formula is C23H26O4. The van der Waals surface area contributed by atoms with Crippen molar-refractivity contribution in [2.24, 2.45) is 5.41 Å². The fourth-order valence-electron chi connectivity index (χ4n) is 3.84. The molecule has 0 aromatic heterocycles. The molecule has 0 bridgehead atoms.